The van der Waals surface area contributed by atoms with Gasteiger partial charge in [-0.25, -0.2) is 5.48 Å². The number of H-pyrrole nitrogens is 1. The molecule has 1 amide bonds. The Bertz CT molecular complexity index is 704. The van der Waals surface area contributed by atoms with Crippen molar-refractivity contribution in [3.63, 3.8) is 0 Å². The largest absolute Gasteiger partial charge is 0.363 e. The van der Waals surface area contributed by atoms with E-state index in [2.05, 4.69) is 35.3 Å². The number of aryl methyl sites for hydroxylation is 2. The number of rotatable bonds is 6. The fraction of sp³-hybridized carbons (Fsp3) is 0.389. The smallest absolute Gasteiger partial charge is 0.274 e. The fourth-order valence-corrected chi connectivity index (χ4v) is 2.82. The van der Waals surface area contributed by atoms with Gasteiger partial charge in [-0.3, -0.25) is 9.63 Å². The van der Waals surface area contributed by atoms with Crippen molar-refractivity contribution in [2.45, 2.75) is 26.7 Å². The second-order valence-corrected chi connectivity index (χ2v) is 6.18. The Morgan fingerprint density at radius 1 is 1.30 bits per heavy atom. The summed E-state index contributed by atoms with van der Waals surface area (Å²) in [6, 6.07) is 7.85. The fourth-order valence-electron chi connectivity index (χ4n) is 2.82. The normalized spacial score (nSPS) is 13.9. The van der Waals surface area contributed by atoms with Crippen molar-refractivity contribution in [3.8, 4) is 0 Å². The number of amides is 1. The van der Waals surface area contributed by atoms with Gasteiger partial charge in [-0.2, -0.15) is 0 Å². The molecule has 0 unspecified atom stereocenters. The van der Waals surface area contributed by atoms with Crippen LogP contribution < -0.4 is 10.4 Å². The number of carbonyl (C=O) groups excluding carboxylic acids is 1. The van der Waals surface area contributed by atoms with Crippen LogP contribution in [0.5, 0.6) is 0 Å². The lowest BCUT2D eigenvalue weighted by molar-refractivity contribution is 0.0537. The van der Waals surface area contributed by atoms with Crippen LogP contribution in [0.25, 0.3) is 0 Å². The molecule has 1 aromatic carbocycles. The van der Waals surface area contributed by atoms with Crippen LogP contribution >= 0.6 is 0 Å². The number of hydrogen-bond acceptors (Lipinski definition) is 3. The lowest BCUT2D eigenvalue weighted by Crippen LogP contribution is -2.24. The molecule has 1 aromatic heterocycles. The lowest BCUT2D eigenvalue weighted by atomic mass is 10.1. The number of benzene rings is 1. The van der Waals surface area contributed by atoms with Crippen molar-refractivity contribution in [2.24, 2.45) is 5.92 Å². The van der Waals surface area contributed by atoms with Crippen molar-refractivity contribution in [1.82, 2.24) is 10.5 Å². The third-order valence-corrected chi connectivity index (χ3v) is 4.31. The van der Waals surface area contributed by atoms with Crippen LogP contribution in [0.15, 0.2) is 30.5 Å². The van der Waals surface area contributed by atoms with E-state index in [-0.39, 0.29) is 5.91 Å². The molecular formula is C18H23N3O2. The van der Waals surface area contributed by atoms with Crippen molar-refractivity contribution in [1.29, 1.82) is 0 Å². The molecule has 5 nitrogen and oxygen atoms in total. The quantitative estimate of drug-likeness (QED) is 0.803. The van der Waals surface area contributed by atoms with Crippen molar-refractivity contribution >= 4 is 17.3 Å². The number of hydroxylamine groups is 1. The zero-order valence-electron chi connectivity index (χ0n) is 13.8. The highest BCUT2D eigenvalue weighted by molar-refractivity contribution is 5.95. The van der Waals surface area contributed by atoms with Crippen LogP contribution in [0, 0.1) is 19.8 Å². The first-order chi connectivity index (χ1) is 11.1. The third-order valence-electron chi connectivity index (χ3n) is 4.31. The van der Waals surface area contributed by atoms with Crippen LogP contribution in [-0.4, -0.2) is 24.5 Å². The Morgan fingerprint density at radius 3 is 2.70 bits per heavy atom. The molecule has 1 saturated carbocycles. The van der Waals surface area contributed by atoms with E-state index in [1.807, 2.05) is 24.4 Å². The van der Waals surface area contributed by atoms with E-state index in [0.717, 1.165) is 29.4 Å². The summed E-state index contributed by atoms with van der Waals surface area (Å²) in [5, 5.41) is 0. The molecule has 0 aliphatic heterocycles. The molecule has 1 aliphatic carbocycles. The van der Waals surface area contributed by atoms with E-state index in [1.165, 1.54) is 25.6 Å². The number of hydrogen-bond donors (Lipinski definition) is 2. The highest BCUT2D eigenvalue weighted by Gasteiger charge is 2.27. The molecule has 0 radical (unpaired) electrons. The maximum absolute atomic E-state index is 12.1. The number of nitrogens with zero attached hydrogens (tertiary/aromatic N) is 1. The second-order valence-electron chi connectivity index (χ2n) is 6.18. The van der Waals surface area contributed by atoms with Gasteiger partial charge in [0.25, 0.3) is 5.91 Å². The first kappa shape index (κ1) is 15.6. The molecule has 0 bridgehead atoms. The highest BCUT2D eigenvalue weighted by Crippen LogP contribution is 2.37. The summed E-state index contributed by atoms with van der Waals surface area (Å²) in [5.74, 6) is 0.506. The highest BCUT2D eigenvalue weighted by atomic mass is 16.6. The Morgan fingerprint density at radius 2 is 2.09 bits per heavy atom. The van der Waals surface area contributed by atoms with Gasteiger partial charge in [0.05, 0.1) is 12.8 Å². The van der Waals surface area contributed by atoms with Crippen LogP contribution in [0.3, 0.4) is 0 Å². The third kappa shape index (κ3) is 3.40. The molecule has 5 heteroatoms. The zero-order valence-corrected chi connectivity index (χ0v) is 13.8. The molecular weight excluding hydrogens is 290 g/mol. The first-order valence-corrected chi connectivity index (χ1v) is 7.95. The summed E-state index contributed by atoms with van der Waals surface area (Å²) in [6.07, 6.45) is 4.52. The average molecular weight is 313 g/mol. The summed E-state index contributed by atoms with van der Waals surface area (Å²) in [6.45, 7) is 5.14. The molecule has 122 valence electrons. The van der Waals surface area contributed by atoms with Gasteiger partial charge in [0.2, 0.25) is 0 Å². The van der Waals surface area contributed by atoms with Gasteiger partial charge in [0, 0.05) is 29.7 Å². The van der Waals surface area contributed by atoms with E-state index < -0.39 is 0 Å². The predicted molar refractivity (Wildman–Crippen MR) is 90.9 cm³/mol. The van der Waals surface area contributed by atoms with Gasteiger partial charge >= 0.3 is 0 Å². The van der Waals surface area contributed by atoms with Gasteiger partial charge in [-0.05, 0) is 56.4 Å². The molecule has 0 saturated heterocycles. The second kappa shape index (κ2) is 6.46. The van der Waals surface area contributed by atoms with Gasteiger partial charge in [0.15, 0.2) is 0 Å². The number of carbonyl (C=O) groups is 1. The molecule has 1 aliphatic rings. The summed E-state index contributed by atoms with van der Waals surface area (Å²) in [7, 11) is 1.44. The molecule has 0 spiro atoms. The van der Waals surface area contributed by atoms with Crippen LogP contribution in [0.4, 0.5) is 11.4 Å². The van der Waals surface area contributed by atoms with Crippen molar-refractivity contribution < 1.29 is 9.63 Å². The van der Waals surface area contributed by atoms with Crippen molar-refractivity contribution in [3.05, 3.63) is 47.3 Å². The number of anilines is 2. The van der Waals surface area contributed by atoms with E-state index in [4.69, 9.17) is 4.84 Å². The molecule has 2 N–H and O–H groups in total. The monoisotopic (exact) mass is 313 g/mol. The Labute approximate surface area is 136 Å². The minimum atomic E-state index is -0.231. The van der Waals surface area contributed by atoms with E-state index >= 15 is 0 Å². The molecule has 1 heterocycles. The van der Waals surface area contributed by atoms with Crippen LogP contribution in [0.1, 0.15) is 34.5 Å². The Balaban J connectivity index is 1.99. The minimum absolute atomic E-state index is 0.231. The topological polar surface area (TPSA) is 57.4 Å². The standard InChI is InChI=1S/C18H23N3O2/c1-12-4-7-15(18(22)20-23-3)10-17(12)21(11-14-5-6-14)16-8-9-19-13(16)2/h4,7-10,14,19H,5-6,11H2,1-3H3,(H,20,22). The number of aromatic nitrogens is 1. The molecule has 3 rings (SSSR count). The summed E-state index contributed by atoms with van der Waals surface area (Å²) >= 11 is 0. The summed E-state index contributed by atoms with van der Waals surface area (Å²) in [4.78, 5) is 22.4. The minimum Gasteiger partial charge on any atom is -0.363 e. The lowest BCUT2D eigenvalue weighted by Gasteiger charge is -2.27. The Kier molecular flexibility index (Phi) is 4.39. The molecule has 1 fully saturated rings. The number of aromatic amines is 1. The Hall–Kier alpha value is -2.27. The van der Waals surface area contributed by atoms with Gasteiger partial charge < -0.3 is 9.88 Å². The average Bonchev–Trinajstić information content (AvgIpc) is 3.26. The summed E-state index contributed by atoms with van der Waals surface area (Å²) < 4.78 is 0. The number of nitrogens with one attached hydrogen (secondary N) is 2. The van der Waals surface area contributed by atoms with Crippen LogP contribution in [0.2, 0.25) is 0 Å². The van der Waals surface area contributed by atoms with Gasteiger partial charge in [0.1, 0.15) is 0 Å². The maximum Gasteiger partial charge on any atom is 0.274 e. The molecule has 2 aromatic rings. The van der Waals surface area contributed by atoms with Gasteiger partial charge in [-0.15, -0.1) is 0 Å². The zero-order chi connectivity index (χ0) is 16.4. The van der Waals surface area contributed by atoms with E-state index in [9.17, 15) is 4.79 Å². The SMILES string of the molecule is CONC(=O)c1ccc(C)c(N(CC2CC2)c2cc[nH]c2C)c1. The van der Waals surface area contributed by atoms with Crippen LogP contribution in [-0.2, 0) is 4.84 Å². The molecule has 0 atom stereocenters. The first-order valence-electron chi connectivity index (χ1n) is 7.95. The molecule has 23 heavy (non-hydrogen) atoms. The maximum atomic E-state index is 12.1. The summed E-state index contributed by atoms with van der Waals surface area (Å²) in [5.41, 5.74) is 7.51. The van der Waals surface area contributed by atoms with Gasteiger partial charge in [-0.1, -0.05) is 6.07 Å². The van der Waals surface area contributed by atoms with E-state index in [1.54, 1.807) is 0 Å². The predicted octanol–water partition coefficient (Wildman–Crippen LogP) is 3.47. The van der Waals surface area contributed by atoms with Crippen molar-refractivity contribution in [2.75, 3.05) is 18.6 Å². The van der Waals surface area contributed by atoms with E-state index in [0.29, 0.717) is 5.56 Å².